The molecule has 2 aliphatic rings. The number of phenols is 1. The number of para-hydroxylation sites is 1. The number of rotatable bonds is 6. The molecule has 0 atom stereocenters. The summed E-state index contributed by atoms with van der Waals surface area (Å²) in [6.45, 7) is 11.9. The second-order valence-corrected chi connectivity index (χ2v) is 8.02. The molecule has 0 radical (unpaired) electrons. The number of ketones is 1. The van der Waals surface area contributed by atoms with Gasteiger partial charge in [-0.25, -0.2) is 0 Å². The summed E-state index contributed by atoms with van der Waals surface area (Å²) in [5.74, 6) is 1.47. The number of allylic oxidation sites excluding steroid dienone is 1. The van der Waals surface area contributed by atoms with Crippen molar-refractivity contribution in [1.82, 2.24) is 9.80 Å². The largest absolute Gasteiger partial charge is 0.507 e. The van der Waals surface area contributed by atoms with Crippen LogP contribution in [0.25, 0.3) is 6.08 Å². The molecule has 2 aromatic carbocycles. The zero-order chi connectivity index (χ0) is 22.0. The maximum Gasteiger partial charge on any atom is 0.232 e. The first-order valence-electron chi connectivity index (χ1n) is 11.0. The van der Waals surface area contributed by atoms with Gasteiger partial charge in [0.25, 0.3) is 0 Å². The molecule has 6 nitrogen and oxygen atoms in total. The lowest BCUT2D eigenvalue weighted by Gasteiger charge is -2.34. The Balaban J connectivity index is 1.64. The predicted molar refractivity (Wildman–Crippen MR) is 121 cm³/mol. The van der Waals surface area contributed by atoms with Gasteiger partial charge in [-0.1, -0.05) is 25.1 Å². The first-order valence-corrected chi connectivity index (χ1v) is 11.0. The fourth-order valence-corrected chi connectivity index (χ4v) is 4.25. The fraction of sp³-hybridized carbons (Fsp3) is 0.400. The van der Waals surface area contributed by atoms with Crippen molar-refractivity contribution in [2.45, 2.75) is 27.3 Å². The van der Waals surface area contributed by atoms with Gasteiger partial charge < -0.3 is 19.5 Å². The van der Waals surface area contributed by atoms with Crippen LogP contribution in [0.15, 0.2) is 36.1 Å². The molecule has 1 saturated heterocycles. The summed E-state index contributed by atoms with van der Waals surface area (Å²) >= 11 is 0. The number of hydrogen-bond acceptors (Lipinski definition) is 6. The van der Waals surface area contributed by atoms with Gasteiger partial charge in [0.15, 0.2) is 5.76 Å². The molecule has 2 heterocycles. The van der Waals surface area contributed by atoms with Crippen molar-refractivity contribution in [1.29, 1.82) is 0 Å². The number of Topliss-reactive ketones (excluding diaryl/α,β-unsaturated/α-hetero) is 1. The Morgan fingerprint density at radius 1 is 1.13 bits per heavy atom. The van der Waals surface area contributed by atoms with Crippen molar-refractivity contribution >= 4 is 11.9 Å². The summed E-state index contributed by atoms with van der Waals surface area (Å²) in [5.41, 5.74) is 2.73. The number of aryl methyl sites for hydroxylation is 1. The summed E-state index contributed by atoms with van der Waals surface area (Å²) in [4.78, 5) is 17.9. The van der Waals surface area contributed by atoms with Crippen molar-refractivity contribution in [3.8, 4) is 17.2 Å². The third-order valence-corrected chi connectivity index (χ3v) is 6.02. The van der Waals surface area contributed by atoms with Gasteiger partial charge in [0.05, 0.1) is 17.7 Å². The molecule has 0 saturated carbocycles. The molecule has 0 spiro atoms. The summed E-state index contributed by atoms with van der Waals surface area (Å²) in [6, 6.07) is 9.25. The molecule has 0 aromatic heterocycles. The van der Waals surface area contributed by atoms with Crippen LogP contribution in [0, 0.1) is 6.92 Å². The lowest BCUT2D eigenvalue weighted by atomic mass is 9.99. The summed E-state index contributed by atoms with van der Waals surface area (Å²) < 4.78 is 11.8. The van der Waals surface area contributed by atoms with Crippen LogP contribution < -0.4 is 9.47 Å². The molecule has 1 fully saturated rings. The molecule has 0 amide bonds. The number of piperazine rings is 1. The predicted octanol–water partition coefficient (Wildman–Crippen LogP) is 3.85. The summed E-state index contributed by atoms with van der Waals surface area (Å²) in [7, 11) is 0. The number of aromatic hydroxyl groups is 1. The molecule has 164 valence electrons. The molecule has 1 N–H and O–H groups in total. The molecule has 0 bridgehead atoms. The van der Waals surface area contributed by atoms with Gasteiger partial charge in [-0.15, -0.1) is 0 Å². The second-order valence-electron chi connectivity index (χ2n) is 8.02. The highest BCUT2D eigenvalue weighted by atomic mass is 16.5. The van der Waals surface area contributed by atoms with Crippen LogP contribution in [0.5, 0.6) is 17.2 Å². The number of nitrogens with zero attached hydrogens (tertiary/aromatic N) is 2. The molecule has 4 rings (SSSR count). The first kappa shape index (κ1) is 21.4. The highest BCUT2D eigenvalue weighted by Gasteiger charge is 2.34. The van der Waals surface area contributed by atoms with Gasteiger partial charge in [-0.05, 0) is 44.2 Å². The Bertz CT molecular complexity index is 1010. The summed E-state index contributed by atoms with van der Waals surface area (Å²) in [5, 5.41) is 10.7. The van der Waals surface area contributed by atoms with E-state index in [0.717, 1.165) is 43.9 Å². The second kappa shape index (κ2) is 9.12. The van der Waals surface area contributed by atoms with E-state index in [4.69, 9.17) is 9.47 Å². The van der Waals surface area contributed by atoms with Crippen molar-refractivity contribution in [3.63, 3.8) is 0 Å². The van der Waals surface area contributed by atoms with Crippen molar-refractivity contribution in [2.75, 3.05) is 39.3 Å². The van der Waals surface area contributed by atoms with Crippen LogP contribution >= 0.6 is 0 Å². The molecule has 2 aromatic rings. The third-order valence-electron chi connectivity index (χ3n) is 6.02. The number of fused-ring (bicyclic) bond motifs is 1. The maximum absolute atomic E-state index is 13.2. The molecule has 0 aliphatic carbocycles. The number of carbonyl (C=O) groups excluding carboxylic acids is 1. The van der Waals surface area contributed by atoms with E-state index >= 15 is 0 Å². The Labute approximate surface area is 183 Å². The Morgan fingerprint density at radius 3 is 2.55 bits per heavy atom. The van der Waals surface area contributed by atoms with Gasteiger partial charge >= 0.3 is 0 Å². The van der Waals surface area contributed by atoms with Crippen LogP contribution in [0.3, 0.4) is 0 Å². The van der Waals surface area contributed by atoms with E-state index in [9.17, 15) is 9.90 Å². The third kappa shape index (κ3) is 4.31. The average molecular weight is 423 g/mol. The minimum atomic E-state index is -0.157. The lowest BCUT2D eigenvalue weighted by Crippen LogP contribution is -2.45. The minimum absolute atomic E-state index is 0.157. The summed E-state index contributed by atoms with van der Waals surface area (Å²) in [6.07, 6.45) is 1.73. The Hall–Kier alpha value is -2.83. The molecular weight excluding hydrogens is 392 g/mol. The number of benzene rings is 2. The van der Waals surface area contributed by atoms with Gasteiger partial charge in [-0.3, -0.25) is 9.69 Å². The molecule has 2 aliphatic heterocycles. The molecular formula is C25H30N2O4. The van der Waals surface area contributed by atoms with Crippen molar-refractivity contribution < 1.29 is 19.4 Å². The van der Waals surface area contributed by atoms with Crippen LogP contribution in [-0.4, -0.2) is 60.0 Å². The molecule has 31 heavy (non-hydrogen) atoms. The van der Waals surface area contributed by atoms with E-state index in [1.165, 1.54) is 0 Å². The fourth-order valence-electron chi connectivity index (χ4n) is 4.25. The van der Waals surface area contributed by atoms with Gasteiger partial charge in [0.1, 0.15) is 17.2 Å². The molecule has 0 unspecified atom stereocenters. The Kier molecular flexibility index (Phi) is 6.30. The highest BCUT2D eigenvalue weighted by Crippen LogP contribution is 2.42. The van der Waals surface area contributed by atoms with E-state index in [0.29, 0.717) is 35.8 Å². The topological polar surface area (TPSA) is 62.2 Å². The quantitative estimate of drug-likeness (QED) is 0.714. The monoisotopic (exact) mass is 422 g/mol. The average Bonchev–Trinajstić information content (AvgIpc) is 3.09. The van der Waals surface area contributed by atoms with Crippen LogP contribution in [0.2, 0.25) is 0 Å². The van der Waals surface area contributed by atoms with Crippen LogP contribution in [0.4, 0.5) is 0 Å². The lowest BCUT2D eigenvalue weighted by molar-refractivity contribution is 0.101. The highest BCUT2D eigenvalue weighted by molar-refractivity contribution is 6.16. The van der Waals surface area contributed by atoms with Gasteiger partial charge in [0.2, 0.25) is 5.78 Å². The number of phenolic OH excluding ortho intramolecular Hbond substituents is 1. The van der Waals surface area contributed by atoms with Gasteiger partial charge in [-0.2, -0.15) is 0 Å². The number of carbonyl (C=O) groups is 1. The van der Waals surface area contributed by atoms with Crippen molar-refractivity contribution in [3.05, 3.63) is 58.3 Å². The van der Waals surface area contributed by atoms with Crippen LogP contribution in [0.1, 0.15) is 40.9 Å². The minimum Gasteiger partial charge on any atom is -0.507 e. The zero-order valence-electron chi connectivity index (χ0n) is 18.5. The van der Waals surface area contributed by atoms with Gasteiger partial charge in [0, 0.05) is 38.3 Å². The van der Waals surface area contributed by atoms with E-state index in [-0.39, 0.29) is 17.3 Å². The van der Waals surface area contributed by atoms with E-state index in [1.807, 2.05) is 38.1 Å². The van der Waals surface area contributed by atoms with E-state index in [2.05, 4.69) is 16.7 Å². The Morgan fingerprint density at radius 2 is 1.84 bits per heavy atom. The first-order chi connectivity index (χ1) is 15.0. The standard InChI is InChI=1S/C25H30N2O4/c1-4-26-10-12-27(13-11-26)16-19-20(28)14-17(3)23-24(29)22(31-25(19)23)15-18-8-6-7-9-21(18)30-5-2/h6-9,14-15,28H,4-5,10-13,16H2,1-3H3/b22-15-. The van der Waals surface area contributed by atoms with Crippen LogP contribution in [-0.2, 0) is 6.54 Å². The normalized spacial score (nSPS) is 18.3. The maximum atomic E-state index is 13.2. The van der Waals surface area contributed by atoms with Crippen molar-refractivity contribution in [2.24, 2.45) is 0 Å². The number of ether oxygens (including phenoxy) is 2. The molecule has 6 heteroatoms. The SMILES string of the molecule is CCOc1ccccc1/C=C1\Oc2c(CN3CCN(CC)CC3)c(O)cc(C)c2C1=O. The number of hydrogen-bond donors (Lipinski definition) is 1. The van der Waals surface area contributed by atoms with E-state index in [1.54, 1.807) is 12.1 Å². The number of likely N-dealkylation sites (N-methyl/N-ethyl adjacent to an activating group) is 1. The van der Waals surface area contributed by atoms with E-state index < -0.39 is 0 Å². The smallest absolute Gasteiger partial charge is 0.232 e. The zero-order valence-corrected chi connectivity index (χ0v) is 18.5.